The predicted octanol–water partition coefficient (Wildman–Crippen LogP) is 2.06. The fraction of sp³-hybridized carbons (Fsp3) is 0.500. The zero-order chi connectivity index (χ0) is 15.7. The van der Waals surface area contributed by atoms with Crippen LogP contribution in [0.1, 0.15) is 32.7 Å². The number of ether oxygens (including phenoxy) is 1. The van der Waals surface area contributed by atoms with E-state index in [9.17, 15) is 4.79 Å². The number of aromatic nitrogens is 2. The number of amides is 1. The number of benzene rings is 1. The van der Waals surface area contributed by atoms with Crippen LogP contribution < -0.4 is 11.1 Å². The molecule has 0 spiro atoms. The van der Waals surface area contributed by atoms with Gasteiger partial charge in [0.25, 0.3) is 5.91 Å². The molecule has 2 aromatic rings. The van der Waals surface area contributed by atoms with E-state index in [0.29, 0.717) is 12.6 Å². The molecule has 2 atom stereocenters. The lowest BCUT2D eigenvalue weighted by atomic mass is 10.2. The average Bonchev–Trinajstić information content (AvgIpc) is 3.13. The highest BCUT2D eigenvalue weighted by atomic mass is 16.5. The average molecular weight is 302 g/mol. The summed E-state index contributed by atoms with van der Waals surface area (Å²) in [6.07, 6.45) is 3.16. The van der Waals surface area contributed by atoms with Gasteiger partial charge in [0.1, 0.15) is 6.10 Å². The van der Waals surface area contributed by atoms with Crippen molar-refractivity contribution >= 4 is 22.5 Å². The Hall–Kier alpha value is -1.92. The first kappa shape index (κ1) is 15.0. The predicted molar refractivity (Wildman–Crippen MR) is 85.7 cm³/mol. The Morgan fingerprint density at radius 1 is 1.50 bits per heavy atom. The number of fused-ring (bicyclic) bond motifs is 1. The quantitative estimate of drug-likeness (QED) is 0.905. The van der Waals surface area contributed by atoms with Gasteiger partial charge in [-0.2, -0.15) is 5.10 Å². The van der Waals surface area contributed by atoms with Gasteiger partial charge in [0, 0.05) is 29.9 Å². The van der Waals surface area contributed by atoms with Crippen LogP contribution in [0.3, 0.4) is 0 Å². The van der Waals surface area contributed by atoms with Crippen LogP contribution >= 0.6 is 0 Å². The number of nitrogens with one attached hydrogen (secondary N) is 1. The van der Waals surface area contributed by atoms with Crippen LogP contribution in [0.25, 0.3) is 10.9 Å². The van der Waals surface area contributed by atoms with Crippen molar-refractivity contribution in [3.63, 3.8) is 0 Å². The summed E-state index contributed by atoms with van der Waals surface area (Å²) >= 11 is 0. The minimum atomic E-state index is -0.400. The number of nitrogens with two attached hydrogens (primary N) is 1. The maximum absolute atomic E-state index is 12.2. The molecule has 1 aliphatic heterocycles. The summed E-state index contributed by atoms with van der Waals surface area (Å²) in [5.74, 6) is -0.105. The Labute approximate surface area is 129 Å². The number of hydrogen-bond acceptors (Lipinski definition) is 4. The van der Waals surface area contributed by atoms with Gasteiger partial charge < -0.3 is 15.8 Å². The summed E-state index contributed by atoms with van der Waals surface area (Å²) in [7, 11) is 0. The van der Waals surface area contributed by atoms with Gasteiger partial charge in [-0.3, -0.25) is 9.48 Å². The lowest BCUT2D eigenvalue weighted by Crippen LogP contribution is -2.29. The van der Waals surface area contributed by atoms with Gasteiger partial charge in [-0.05, 0) is 44.9 Å². The van der Waals surface area contributed by atoms with Crippen LogP contribution in [0, 0.1) is 0 Å². The molecule has 0 radical (unpaired) electrons. The van der Waals surface area contributed by atoms with Crippen molar-refractivity contribution in [3.8, 4) is 0 Å². The Morgan fingerprint density at radius 2 is 2.32 bits per heavy atom. The minimum Gasteiger partial charge on any atom is -0.364 e. The van der Waals surface area contributed by atoms with Gasteiger partial charge in [0.15, 0.2) is 0 Å². The van der Waals surface area contributed by atoms with Gasteiger partial charge in [-0.15, -0.1) is 0 Å². The molecule has 3 N–H and O–H groups in total. The van der Waals surface area contributed by atoms with Gasteiger partial charge in [0.05, 0.1) is 11.6 Å². The summed E-state index contributed by atoms with van der Waals surface area (Å²) in [5.41, 5.74) is 7.26. The van der Waals surface area contributed by atoms with E-state index < -0.39 is 6.10 Å². The zero-order valence-electron chi connectivity index (χ0n) is 13.0. The fourth-order valence-electron chi connectivity index (χ4n) is 2.68. The highest BCUT2D eigenvalue weighted by Crippen LogP contribution is 2.23. The monoisotopic (exact) mass is 302 g/mol. The summed E-state index contributed by atoms with van der Waals surface area (Å²) < 4.78 is 7.53. The molecule has 1 aromatic carbocycles. The molecule has 1 amide bonds. The third kappa shape index (κ3) is 2.98. The summed E-state index contributed by atoms with van der Waals surface area (Å²) in [5, 5.41) is 8.43. The number of rotatable bonds is 4. The van der Waals surface area contributed by atoms with E-state index in [1.807, 2.05) is 29.1 Å². The van der Waals surface area contributed by atoms with Gasteiger partial charge in [-0.1, -0.05) is 0 Å². The molecule has 1 saturated heterocycles. The molecule has 6 nitrogen and oxygen atoms in total. The Morgan fingerprint density at radius 3 is 3.00 bits per heavy atom. The summed E-state index contributed by atoms with van der Waals surface area (Å²) in [6.45, 7) is 4.63. The normalized spacial score (nSPS) is 21.6. The molecule has 22 heavy (non-hydrogen) atoms. The number of anilines is 1. The third-order valence-electron chi connectivity index (χ3n) is 3.98. The van der Waals surface area contributed by atoms with Crippen molar-refractivity contribution in [1.82, 2.24) is 9.78 Å². The summed E-state index contributed by atoms with van der Waals surface area (Å²) in [4.78, 5) is 12.2. The molecule has 0 bridgehead atoms. The molecule has 3 rings (SSSR count). The van der Waals surface area contributed by atoms with Crippen molar-refractivity contribution in [2.75, 3.05) is 11.9 Å². The van der Waals surface area contributed by atoms with E-state index in [-0.39, 0.29) is 12.0 Å². The number of carbonyl (C=O) groups is 1. The first-order chi connectivity index (χ1) is 10.6. The van der Waals surface area contributed by atoms with E-state index in [1.54, 1.807) is 0 Å². The maximum Gasteiger partial charge on any atom is 0.253 e. The van der Waals surface area contributed by atoms with Crippen LogP contribution in [-0.2, 0) is 9.53 Å². The van der Waals surface area contributed by atoms with E-state index in [2.05, 4.69) is 24.3 Å². The lowest BCUT2D eigenvalue weighted by Gasteiger charge is -2.12. The fourth-order valence-corrected chi connectivity index (χ4v) is 2.68. The van der Waals surface area contributed by atoms with E-state index >= 15 is 0 Å². The Kier molecular flexibility index (Phi) is 4.13. The maximum atomic E-state index is 12.2. The Bertz CT molecular complexity index is 680. The van der Waals surface area contributed by atoms with Gasteiger partial charge in [0.2, 0.25) is 0 Å². The van der Waals surface area contributed by atoms with E-state index in [4.69, 9.17) is 10.5 Å². The largest absolute Gasteiger partial charge is 0.364 e. The standard InChI is InChI=1S/C16H22N4O2/c1-10(2)20-9-11-7-12(3-5-14(11)19-20)18-16(21)15-6-4-13(8-17)22-15/h3,5,7,9-10,13,15H,4,6,8,17H2,1-2H3,(H,18,21)/t13-,15+/m1/s1. The van der Waals surface area contributed by atoms with Crippen LogP contribution in [0.5, 0.6) is 0 Å². The second-order valence-corrected chi connectivity index (χ2v) is 6.03. The molecule has 1 aromatic heterocycles. The van der Waals surface area contributed by atoms with E-state index in [0.717, 1.165) is 29.4 Å². The highest BCUT2D eigenvalue weighted by Gasteiger charge is 2.29. The molecular formula is C16H22N4O2. The molecule has 0 unspecified atom stereocenters. The third-order valence-corrected chi connectivity index (χ3v) is 3.98. The van der Waals surface area contributed by atoms with Crippen LogP contribution in [0.15, 0.2) is 24.4 Å². The molecule has 1 aliphatic rings. The van der Waals surface area contributed by atoms with E-state index in [1.165, 1.54) is 0 Å². The molecular weight excluding hydrogens is 280 g/mol. The van der Waals surface area contributed by atoms with Crippen molar-refractivity contribution in [1.29, 1.82) is 0 Å². The van der Waals surface area contributed by atoms with Crippen molar-refractivity contribution in [2.24, 2.45) is 5.73 Å². The number of hydrogen-bond donors (Lipinski definition) is 2. The van der Waals surface area contributed by atoms with Gasteiger partial charge in [-0.25, -0.2) is 0 Å². The molecule has 118 valence electrons. The molecule has 2 heterocycles. The van der Waals surface area contributed by atoms with Gasteiger partial charge >= 0.3 is 0 Å². The van der Waals surface area contributed by atoms with Crippen molar-refractivity contribution in [2.45, 2.75) is 44.9 Å². The first-order valence-electron chi connectivity index (χ1n) is 7.72. The minimum absolute atomic E-state index is 0.00232. The first-order valence-corrected chi connectivity index (χ1v) is 7.72. The molecule has 0 saturated carbocycles. The summed E-state index contributed by atoms with van der Waals surface area (Å²) in [6, 6.07) is 6.04. The number of nitrogens with zero attached hydrogens (tertiary/aromatic N) is 2. The molecule has 6 heteroatoms. The van der Waals surface area contributed by atoms with Crippen molar-refractivity contribution in [3.05, 3.63) is 24.4 Å². The van der Waals surface area contributed by atoms with Crippen LogP contribution in [0.2, 0.25) is 0 Å². The lowest BCUT2D eigenvalue weighted by molar-refractivity contribution is -0.126. The smallest absolute Gasteiger partial charge is 0.253 e. The van der Waals surface area contributed by atoms with Crippen LogP contribution in [-0.4, -0.2) is 34.4 Å². The molecule has 1 fully saturated rings. The topological polar surface area (TPSA) is 82.2 Å². The SMILES string of the molecule is CC(C)n1cc2cc(NC(=O)[C@@H]3CC[C@H](CN)O3)ccc2n1. The van der Waals surface area contributed by atoms with Crippen molar-refractivity contribution < 1.29 is 9.53 Å². The highest BCUT2D eigenvalue weighted by molar-refractivity contribution is 5.96. The zero-order valence-corrected chi connectivity index (χ0v) is 13.0. The molecule has 0 aliphatic carbocycles. The van der Waals surface area contributed by atoms with Crippen LogP contribution in [0.4, 0.5) is 5.69 Å². The second kappa shape index (κ2) is 6.06. The second-order valence-electron chi connectivity index (χ2n) is 6.03. The Balaban J connectivity index is 1.72. The number of carbonyl (C=O) groups excluding carboxylic acids is 1.